The van der Waals surface area contributed by atoms with Gasteiger partial charge in [0.15, 0.2) is 5.84 Å². The molecule has 2 rings (SSSR count). The second kappa shape index (κ2) is 7.77. The Morgan fingerprint density at radius 2 is 2.04 bits per heavy atom. The van der Waals surface area contributed by atoms with Crippen LogP contribution in [0.2, 0.25) is 0 Å². The first-order valence-electron chi connectivity index (χ1n) is 7.83. The van der Waals surface area contributed by atoms with E-state index in [-0.39, 0.29) is 29.6 Å². The van der Waals surface area contributed by atoms with E-state index in [4.69, 9.17) is 16.2 Å². The van der Waals surface area contributed by atoms with Crippen LogP contribution in [0.5, 0.6) is 0 Å². The van der Waals surface area contributed by atoms with Crippen LogP contribution in [-0.4, -0.2) is 27.5 Å². The summed E-state index contributed by atoms with van der Waals surface area (Å²) in [6.07, 6.45) is 0.706. The minimum Gasteiger partial charge on any atom is -0.443 e. The summed E-state index contributed by atoms with van der Waals surface area (Å²) in [4.78, 5) is 19.9. The van der Waals surface area contributed by atoms with Gasteiger partial charge in [-0.1, -0.05) is 18.2 Å². The lowest BCUT2D eigenvalue weighted by atomic mass is 10.1. The third-order valence-corrected chi connectivity index (χ3v) is 3.12. The number of nitrogens with zero attached hydrogens (tertiary/aromatic N) is 3. The van der Waals surface area contributed by atoms with Gasteiger partial charge in [-0.25, -0.2) is 24.6 Å². The zero-order chi connectivity index (χ0) is 19.3. The maximum atomic E-state index is 13.8. The fourth-order valence-corrected chi connectivity index (χ4v) is 1.98. The molecular weight excluding hydrogens is 339 g/mol. The molecule has 8 nitrogen and oxygen atoms in total. The monoisotopic (exact) mass is 360 g/mol. The zero-order valence-electron chi connectivity index (χ0n) is 14.8. The summed E-state index contributed by atoms with van der Waals surface area (Å²) >= 11 is 0. The van der Waals surface area contributed by atoms with E-state index in [1.165, 1.54) is 12.3 Å². The van der Waals surface area contributed by atoms with E-state index >= 15 is 0 Å². The molecule has 138 valence electrons. The normalized spacial score (nSPS) is 11.9. The summed E-state index contributed by atoms with van der Waals surface area (Å²) in [5.74, 6) is -0.296. The van der Waals surface area contributed by atoms with Crippen LogP contribution in [-0.2, 0) is 11.2 Å². The van der Waals surface area contributed by atoms with Crippen LogP contribution < -0.4 is 16.9 Å². The van der Waals surface area contributed by atoms with Crippen molar-refractivity contribution in [3.63, 3.8) is 0 Å². The number of ether oxygens (including phenoxy) is 1. The van der Waals surface area contributed by atoms with Gasteiger partial charge in [-0.2, -0.15) is 5.10 Å². The fourth-order valence-electron chi connectivity index (χ4n) is 1.98. The minimum absolute atomic E-state index is 0.0851. The number of aromatic nitrogens is 2. The lowest BCUT2D eigenvalue weighted by Crippen LogP contribution is -2.31. The molecule has 0 radical (unpaired) electrons. The number of hydrazone groups is 1. The highest BCUT2D eigenvalue weighted by Gasteiger charge is 2.16. The summed E-state index contributed by atoms with van der Waals surface area (Å²) in [6.45, 7) is 5.17. The van der Waals surface area contributed by atoms with Gasteiger partial charge < -0.3 is 16.2 Å². The molecule has 0 aliphatic rings. The van der Waals surface area contributed by atoms with Gasteiger partial charge in [0.1, 0.15) is 22.9 Å². The molecule has 0 unspecified atom stereocenters. The lowest BCUT2D eigenvalue weighted by molar-refractivity contribution is 0.0529. The molecule has 9 heteroatoms. The van der Waals surface area contributed by atoms with Gasteiger partial charge in [-0.15, -0.1) is 0 Å². The van der Waals surface area contributed by atoms with Crippen molar-refractivity contribution in [2.45, 2.75) is 32.8 Å². The van der Waals surface area contributed by atoms with Gasteiger partial charge >= 0.3 is 6.09 Å². The molecule has 2 aromatic rings. The average molecular weight is 360 g/mol. The molecular formula is C17H21FN6O2. The fraction of sp³-hybridized carbons (Fsp3) is 0.294. The Morgan fingerprint density at radius 1 is 1.35 bits per heavy atom. The molecule has 26 heavy (non-hydrogen) atoms. The summed E-state index contributed by atoms with van der Waals surface area (Å²) in [6, 6.07) is 6.29. The van der Waals surface area contributed by atoms with Crippen LogP contribution in [0, 0.1) is 5.82 Å². The summed E-state index contributed by atoms with van der Waals surface area (Å²) in [7, 11) is 0. The number of hydrogen-bond acceptors (Lipinski definition) is 6. The van der Waals surface area contributed by atoms with Crippen LogP contribution in [0.4, 0.5) is 15.0 Å². The van der Waals surface area contributed by atoms with Crippen molar-refractivity contribution in [2.75, 3.05) is 5.73 Å². The van der Waals surface area contributed by atoms with Crippen molar-refractivity contribution in [3.8, 4) is 0 Å². The van der Waals surface area contributed by atoms with Crippen molar-refractivity contribution in [3.05, 3.63) is 53.2 Å². The molecule has 0 spiro atoms. The minimum atomic E-state index is -0.754. The standard InChI is InChI=1S/C17H21FN6O2/c1-17(2,3)26-16(25)24-23-15(20)13-9-21-14(19)12(22-13)8-10-6-4-5-7-11(10)18/h4-7,9H,8H2,1-3H3,(H2,19,21)(H2,20,23)(H,24,25). The van der Waals surface area contributed by atoms with Crippen LogP contribution in [0.1, 0.15) is 37.7 Å². The van der Waals surface area contributed by atoms with Crippen LogP contribution in [0.3, 0.4) is 0 Å². The van der Waals surface area contributed by atoms with Gasteiger partial charge in [0.2, 0.25) is 0 Å². The van der Waals surface area contributed by atoms with E-state index < -0.39 is 11.7 Å². The molecule has 0 saturated carbocycles. The highest BCUT2D eigenvalue weighted by atomic mass is 19.1. The molecule has 0 aliphatic carbocycles. The number of amidine groups is 1. The Morgan fingerprint density at radius 3 is 2.69 bits per heavy atom. The topological polar surface area (TPSA) is 129 Å². The van der Waals surface area contributed by atoms with Crippen molar-refractivity contribution in [2.24, 2.45) is 10.8 Å². The van der Waals surface area contributed by atoms with E-state index in [1.807, 2.05) is 0 Å². The number of anilines is 1. The highest BCUT2D eigenvalue weighted by molar-refractivity contribution is 5.96. The van der Waals surface area contributed by atoms with Crippen LogP contribution in [0.25, 0.3) is 0 Å². The largest absolute Gasteiger partial charge is 0.443 e. The first-order valence-corrected chi connectivity index (χ1v) is 7.83. The second-order valence-electron chi connectivity index (χ2n) is 6.47. The predicted molar refractivity (Wildman–Crippen MR) is 95.7 cm³/mol. The maximum Gasteiger partial charge on any atom is 0.428 e. The van der Waals surface area contributed by atoms with E-state index in [2.05, 4.69) is 20.5 Å². The number of nitrogen functional groups attached to an aromatic ring is 1. The van der Waals surface area contributed by atoms with Crippen molar-refractivity contribution < 1.29 is 13.9 Å². The SMILES string of the molecule is CC(C)(C)OC(=O)N/N=C(\N)c1cnc(N)c(Cc2ccccc2F)n1. The third kappa shape index (κ3) is 5.40. The smallest absolute Gasteiger partial charge is 0.428 e. The molecule has 1 aromatic heterocycles. The first-order chi connectivity index (χ1) is 12.2. The van der Waals surface area contributed by atoms with E-state index in [0.29, 0.717) is 11.3 Å². The maximum absolute atomic E-state index is 13.8. The highest BCUT2D eigenvalue weighted by Crippen LogP contribution is 2.15. The molecule has 1 aromatic carbocycles. The molecule has 0 bridgehead atoms. The molecule has 0 fully saturated rings. The second-order valence-corrected chi connectivity index (χ2v) is 6.47. The van der Waals surface area contributed by atoms with Crippen LogP contribution >= 0.6 is 0 Å². The molecule has 0 saturated heterocycles. The zero-order valence-corrected chi connectivity index (χ0v) is 14.8. The van der Waals surface area contributed by atoms with Gasteiger partial charge in [0, 0.05) is 6.42 Å². The predicted octanol–water partition coefficient (Wildman–Crippen LogP) is 1.93. The van der Waals surface area contributed by atoms with Crippen molar-refractivity contribution >= 4 is 17.7 Å². The number of carbonyl (C=O) groups excluding carboxylic acids is 1. The molecule has 0 aliphatic heterocycles. The number of nitrogens with one attached hydrogen (secondary N) is 1. The summed E-state index contributed by atoms with van der Waals surface area (Å²) in [5, 5.41) is 3.73. The Labute approximate surface area is 150 Å². The third-order valence-electron chi connectivity index (χ3n) is 3.12. The summed E-state index contributed by atoms with van der Waals surface area (Å²) < 4.78 is 18.9. The number of nitrogens with two attached hydrogens (primary N) is 2. The molecule has 1 heterocycles. The van der Waals surface area contributed by atoms with Gasteiger partial charge in [-0.05, 0) is 32.4 Å². The number of benzene rings is 1. The average Bonchev–Trinajstić information content (AvgIpc) is 2.55. The van der Waals surface area contributed by atoms with Gasteiger partial charge in [0.05, 0.1) is 11.9 Å². The number of rotatable bonds is 4. The Balaban J connectivity index is 2.16. The number of halogens is 1. The molecule has 0 atom stereocenters. The van der Waals surface area contributed by atoms with Crippen molar-refractivity contribution in [1.29, 1.82) is 0 Å². The number of amides is 1. The Bertz CT molecular complexity index is 832. The Kier molecular flexibility index (Phi) is 5.71. The van der Waals surface area contributed by atoms with Crippen molar-refractivity contribution in [1.82, 2.24) is 15.4 Å². The Hall–Kier alpha value is -3.23. The van der Waals surface area contributed by atoms with E-state index in [0.717, 1.165) is 0 Å². The van der Waals surface area contributed by atoms with Gasteiger partial charge in [-0.3, -0.25) is 0 Å². The quantitative estimate of drug-likeness (QED) is 0.434. The number of hydrogen-bond donors (Lipinski definition) is 3. The lowest BCUT2D eigenvalue weighted by Gasteiger charge is -2.18. The van der Waals surface area contributed by atoms with E-state index in [9.17, 15) is 9.18 Å². The van der Waals surface area contributed by atoms with Gasteiger partial charge in [0.25, 0.3) is 0 Å². The first kappa shape index (κ1) is 19.1. The molecule has 1 amide bonds. The van der Waals surface area contributed by atoms with E-state index in [1.54, 1.807) is 39.0 Å². The summed E-state index contributed by atoms with van der Waals surface area (Å²) in [5.41, 5.74) is 14.1. The number of carbonyl (C=O) groups is 1. The molecule has 5 N–H and O–H groups in total. The van der Waals surface area contributed by atoms with Crippen LogP contribution in [0.15, 0.2) is 35.6 Å².